The van der Waals surface area contributed by atoms with Gasteiger partial charge in [0, 0.05) is 13.0 Å². The van der Waals surface area contributed by atoms with E-state index < -0.39 is 20.0 Å². The molecule has 0 aliphatic carbocycles. The van der Waals surface area contributed by atoms with Crippen LogP contribution in [0.2, 0.25) is 0 Å². The van der Waals surface area contributed by atoms with E-state index in [4.69, 9.17) is 14.8 Å². The Kier molecular flexibility index (Phi) is 42.4. The fourth-order valence-corrected chi connectivity index (χ4v) is 7.27. The first-order chi connectivity index (χ1) is 27.9. The highest BCUT2D eigenvalue weighted by molar-refractivity contribution is 7.47. The molecule has 57 heavy (non-hydrogen) atoms. The minimum atomic E-state index is -4.36. The van der Waals surface area contributed by atoms with Gasteiger partial charge in [-0.15, -0.1) is 0 Å². The number of nitrogens with one attached hydrogen (secondary N) is 1. The minimum absolute atomic E-state index is 0.0694. The predicted molar refractivity (Wildman–Crippen MR) is 244 cm³/mol. The van der Waals surface area contributed by atoms with Gasteiger partial charge in [-0.3, -0.25) is 13.8 Å². The highest BCUT2D eigenvalue weighted by Crippen LogP contribution is 2.43. The number of amides is 1. The molecular formula is C48H89N2O6P. The molecule has 5 N–H and O–H groups in total. The van der Waals surface area contributed by atoms with Crippen LogP contribution in [0.25, 0.3) is 0 Å². The predicted octanol–water partition coefficient (Wildman–Crippen LogP) is 13.4. The van der Waals surface area contributed by atoms with Crippen LogP contribution < -0.4 is 11.1 Å². The Morgan fingerprint density at radius 3 is 1.51 bits per heavy atom. The molecule has 0 spiro atoms. The van der Waals surface area contributed by atoms with E-state index in [0.29, 0.717) is 6.42 Å². The lowest BCUT2D eigenvalue weighted by Crippen LogP contribution is -2.45. The lowest BCUT2D eigenvalue weighted by atomic mass is 10.0. The summed E-state index contributed by atoms with van der Waals surface area (Å²) in [6.07, 6.45) is 55.6. The molecule has 0 aromatic heterocycles. The quantitative estimate of drug-likeness (QED) is 0.0274. The third kappa shape index (κ3) is 42.1. The lowest BCUT2D eigenvalue weighted by molar-refractivity contribution is -0.123. The Morgan fingerprint density at radius 2 is 0.982 bits per heavy atom. The van der Waals surface area contributed by atoms with Crippen molar-refractivity contribution in [3.63, 3.8) is 0 Å². The monoisotopic (exact) mass is 821 g/mol. The maximum Gasteiger partial charge on any atom is 0.472 e. The van der Waals surface area contributed by atoms with E-state index in [1.807, 2.05) is 6.08 Å². The van der Waals surface area contributed by atoms with Crippen LogP contribution in [-0.4, -0.2) is 47.8 Å². The molecule has 0 heterocycles. The Hall–Kier alpha value is -1.80. The van der Waals surface area contributed by atoms with Crippen molar-refractivity contribution in [3.8, 4) is 0 Å². The zero-order valence-electron chi connectivity index (χ0n) is 36.8. The van der Waals surface area contributed by atoms with Crippen molar-refractivity contribution in [2.75, 3.05) is 19.8 Å². The molecule has 0 aliphatic rings. The normalized spacial score (nSPS) is 14.5. The number of phosphoric acid groups is 1. The number of rotatable bonds is 43. The zero-order valence-corrected chi connectivity index (χ0v) is 37.7. The van der Waals surface area contributed by atoms with Crippen molar-refractivity contribution in [1.82, 2.24) is 5.32 Å². The lowest BCUT2D eigenvalue weighted by Gasteiger charge is -2.23. The van der Waals surface area contributed by atoms with Crippen molar-refractivity contribution in [2.24, 2.45) is 5.73 Å². The molecule has 9 heteroatoms. The molecule has 1 amide bonds. The summed E-state index contributed by atoms with van der Waals surface area (Å²) < 4.78 is 22.1. The zero-order chi connectivity index (χ0) is 41.8. The van der Waals surface area contributed by atoms with Crippen molar-refractivity contribution in [3.05, 3.63) is 60.8 Å². The van der Waals surface area contributed by atoms with E-state index in [-0.39, 0.29) is 25.7 Å². The molecular weight excluding hydrogens is 732 g/mol. The second-order valence-corrected chi connectivity index (χ2v) is 17.1. The average molecular weight is 821 g/mol. The molecule has 0 saturated carbocycles. The number of hydrogen-bond acceptors (Lipinski definition) is 6. The van der Waals surface area contributed by atoms with E-state index >= 15 is 0 Å². The summed E-state index contributed by atoms with van der Waals surface area (Å²) in [6.45, 7) is 4.08. The molecule has 3 unspecified atom stereocenters. The van der Waals surface area contributed by atoms with Crippen LogP contribution in [0.15, 0.2) is 60.8 Å². The number of carbonyl (C=O) groups excluding carboxylic acids is 1. The fraction of sp³-hybridized carbons (Fsp3) is 0.771. The Balaban J connectivity index is 4.26. The van der Waals surface area contributed by atoms with E-state index in [0.717, 1.165) is 64.2 Å². The van der Waals surface area contributed by atoms with Gasteiger partial charge < -0.3 is 21.1 Å². The summed E-state index contributed by atoms with van der Waals surface area (Å²) in [5.41, 5.74) is 5.38. The Labute approximate surface area is 351 Å². The number of unbranched alkanes of at least 4 members (excludes halogenated alkanes) is 23. The van der Waals surface area contributed by atoms with Gasteiger partial charge >= 0.3 is 7.82 Å². The van der Waals surface area contributed by atoms with E-state index in [1.165, 1.54) is 122 Å². The van der Waals surface area contributed by atoms with Crippen LogP contribution in [0.4, 0.5) is 0 Å². The number of aliphatic hydroxyl groups is 1. The topological polar surface area (TPSA) is 131 Å². The van der Waals surface area contributed by atoms with Gasteiger partial charge in [-0.25, -0.2) is 4.57 Å². The number of carbonyl (C=O) groups is 1. The number of nitrogens with two attached hydrogens (primary N) is 1. The van der Waals surface area contributed by atoms with Gasteiger partial charge in [0.05, 0.1) is 25.4 Å². The van der Waals surface area contributed by atoms with E-state index in [9.17, 15) is 19.4 Å². The summed E-state index contributed by atoms with van der Waals surface area (Å²) in [5.74, 6) is -0.218. The maximum absolute atomic E-state index is 12.8. The summed E-state index contributed by atoms with van der Waals surface area (Å²) in [6, 6.07) is -0.887. The summed E-state index contributed by atoms with van der Waals surface area (Å²) >= 11 is 0. The highest BCUT2D eigenvalue weighted by atomic mass is 31.2. The standard InChI is InChI=1S/C48H89N2O6P/c1-3-5-7-9-11-13-15-17-19-21-23-25-27-29-31-33-35-37-39-41-47(51)46(45-56-57(53,54)55-44-43-49)50-48(52)42-40-38-36-34-32-30-28-26-24-22-20-18-16-14-12-10-8-6-4-2/h12,14,18,20,24,26,31,33,39,41,46-47,51H,3-11,13,15-17,19,21-23,25,27-30,32,34-38,40,42-45,49H2,1-2H3,(H,50,52)(H,53,54)/b14-12-,20-18-,26-24-,33-31+,41-39+. The first kappa shape index (κ1) is 55.2. The van der Waals surface area contributed by atoms with Crippen molar-refractivity contribution >= 4 is 13.7 Å². The molecule has 0 radical (unpaired) electrons. The second kappa shape index (κ2) is 43.8. The SMILES string of the molecule is CCCCC/C=C\C/C=C\C/C=C\CCCCCCCCC(=O)NC(COP(=O)(O)OCCN)C(O)/C=C/CC/C=C/CCCCCCCCCCCCCCC. The van der Waals surface area contributed by atoms with Gasteiger partial charge in [0.2, 0.25) is 5.91 Å². The number of hydrogen-bond donors (Lipinski definition) is 4. The number of aliphatic hydroxyl groups excluding tert-OH is 1. The van der Waals surface area contributed by atoms with Gasteiger partial charge in [-0.2, -0.15) is 0 Å². The van der Waals surface area contributed by atoms with Crippen molar-refractivity contribution < 1.29 is 28.4 Å². The van der Waals surface area contributed by atoms with Gasteiger partial charge in [-0.1, -0.05) is 190 Å². The molecule has 0 saturated heterocycles. The summed E-state index contributed by atoms with van der Waals surface area (Å²) in [5, 5.41) is 13.7. The molecule has 0 aromatic rings. The Bertz CT molecular complexity index is 1080. The van der Waals surface area contributed by atoms with Crippen LogP contribution >= 0.6 is 7.82 Å². The van der Waals surface area contributed by atoms with Gasteiger partial charge in [-0.05, 0) is 70.6 Å². The molecule has 0 fully saturated rings. The fourth-order valence-electron chi connectivity index (χ4n) is 6.51. The van der Waals surface area contributed by atoms with Gasteiger partial charge in [0.25, 0.3) is 0 Å². The van der Waals surface area contributed by atoms with Crippen molar-refractivity contribution in [1.29, 1.82) is 0 Å². The first-order valence-electron chi connectivity index (χ1n) is 23.4. The maximum atomic E-state index is 12.8. The van der Waals surface area contributed by atoms with E-state index in [1.54, 1.807) is 6.08 Å². The first-order valence-corrected chi connectivity index (χ1v) is 24.9. The molecule has 3 atom stereocenters. The largest absolute Gasteiger partial charge is 0.472 e. The average Bonchev–Trinajstić information content (AvgIpc) is 3.20. The van der Waals surface area contributed by atoms with Crippen molar-refractivity contribution in [2.45, 2.75) is 219 Å². The van der Waals surface area contributed by atoms with Crippen LogP contribution in [-0.2, 0) is 18.4 Å². The molecule has 332 valence electrons. The molecule has 0 aliphatic heterocycles. The van der Waals surface area contributed by atoms with E-state index in [2.05, 4.69) is 67.8 Å². The van der Waals surface area contributed by atoms with Crippen LogP contribution in [0.5, 0.6) is 0 Å². The minimum Gasteiger partial charge on any atom is -0.387 e. The van der Waals surface area contributed by atoms with Gasteiger partial charge in [0.15, 0.2) is 0 Å². The Morgan fingerprint density at radius 1 is 0.579 bits per heavy atom. The van der Waals surface area contributed by atoms with Crippen LogP contribution in [0, 0.1) is 0 Å². The molecule has 0 aromatic carbocycles. The summed E-state index contributed by atoms with van der Waals surface area (Å²) in [7, 11) is -4.36. The molecule has 0 bridgehead atoms. The summed E-state index contributed by atoms with van der Waals surface area (Å²) in [4.78, 5) is 22.7. The third-order valence-electron chi connectivity index (χ3n) is 10.1. The number of allylic oxidation sites excluding steroid dienone is 9. The van der Waals surface area contributed by atoms with Crippen LogP contribution in [0.3, 0.4) is 0 Å². The second-order valence-electron chi connectivity index (χ2n) is 15.6. The highest BCUT2D eigenvalue weighted by Gasteiger charge is 2.26. The molecule has 8 nitrogen and oxygen atoms in total. The van der Waals surface area contributed by atoms with Gasteiger partial charge in [0.1, 0.15) is 0 Å². The van der Waals surface area contributed by atoms with Crippen LogP contribution in [0.1, 0.15) is 206 Å². The number of phosphoric ester groups is 1. The molecule has 0 rings (SSSR count). The smallest absolute Gasteiger partial charge is 0.387 e. The third-order valence-corrected chi connectivity index (χ3v) is 11.0.